The first-order chi connectivity index (χ1) is 36.7. The molecule has 0 saturated carbocycles. The summed E-state index contributed by atoms with van der Waals surface area (Å²) < 4.78 is 0. The number of nitrogens with zero attached hydrogens (tertiary/aromatic N) is 2. The van der Waals surface area contributed by atoms with Crippen molar-refractivity contribution in [3.63, 3.8) is 0 Å². The molecular weight excluding hydrogens is 971 g/mol. The molecule has 346 valence electrons. The Morgan fingerprint density at radius 2 is 0.541 bits per heavy atom. The van der Waals surface area contributed by atoms with E-state index >= 15 is 0 Å². The number of hydrogen-bond acceptors (Lipinski definition) is 6. The molecule has 0 fully saturated rings. The minimum absolute atomic E-state index is 0.0145. The zero-order chi connectivity index (χ0) is 48.7. The fourth-order valence-electron chi connectivity index (χ4n) is 11.8. The monoisotopic (exact) mass is 1010 g/mol. The van der Waals surface area contributed by atoms with Crippen molar-refractivity contribution in [1.82, 2.24) is 0 Å². The third-order valence-electron chi connectivity index (χ3n) is 14.8. The Kier molecular flexibility index (Phi) is 10.8. The second-order valence-electron chi connectivity index (χ2n) is 19.0. The van der Waals surface area contributed by atoms with Gasteiger partial charge in [0, 0.05) is 78.9 Å². The first-order valence-corrected chi connectivity index (χ1v) is 28.4. The largest absolute Gasteiger partial charge is 0.310 e. The van der Waals surface area contributed by atoms with E-state index in [0.29, 0.717) is 0 Å². The molecule has 11 aromatic rings. The summed E-state index contributed by atoms with van der Waals surface area (Å²) >= 11 is 7.81. The predicted molar refractivity (Wildman–Crippen MR) is 318 cm³/mol. The van der Waals surface area contributed by atoms with Crippen molar-refractivity contribution in [2.24, 2.45) is 0 Å². The molecule has 0 aliphatic carbocycles. The molecule has 0 amide bonds. The smallest absolute Gasteiger partial charge is 0.247 e. The number of benzene rings is 11. The van der Waals surface area contributed by atoms with E-state index in [1.807, 2.05) is 47.0 Å². The van der Waals surface area contributed by atoms with Crippen molar-refractivity contribution in [2.75, 3.05) is 9.80 Å². The average Bonchev–Trinajstić information content (AvgIpc) is 3.48. The lowest BCUT2D eigenvalue weighted by Crippen LogP contribution is -2.63. The van der Waals surface area contributed by atoms with Gasteiger partial charge in [-0.1, -0.05) is 228 Å². The maximum Gasteiger partial charge on any atom is 0.247 e. The maximum atomic E-state index is 2.49. The summed E-state index contributed by atoms with van der Waals surface area (Å²) in [6.45, 7) is -0.0289. The highest BCUT2D eigenvalue weighted by molar-refractivity contribution is 8.02. The van der Waals surface area contributed by atoms with E-state index in [0.717, 1.165) is 34.1 Å². The van der Waals surface area contributed by atoms with Gasteiger partial charge in [-0.15, -0.1) is 0 Å². The van der Waals surface area contributed by atoms with E-state index in [1.54, 1.807) is 0 Å². The maximum absolute atomic E-state index is 2.49. The summed E-state index contributed by atoms with van der Waals surface area (Å²) in [6.07, 6.45) is 0. The van der Waals surface area contributed by atoms with Gasteiger partial charge in [0.15, 0.2) is 0 Å². The normalized spacial score (nSPS) is 13.1. The van der Waals surface area contributed by atoms with Crippen LogP contribution in [0.3, 0.4) is 0 Å². The number of fused-ring (bicyclic) bond motifs is 8. The molecule has 0 radical (unpaired) electrons. The van der Waals surface area contributed by atoms with Crippen LogP contribution >= 0.6 is 47.0 Å². The van der Waals surface area contributed by atoms with Crippen LogP contribution in [0.1, 0.15) is 0 Å². The van der Waals surface area contributed by atoms with E-state index in [9.17, 15) is 0 Å². The van der Waals surface area contributed by atoms with E-state index in [1.165, 1.54) is 94.2 Å². The zero-order valence-electron chi connectivity index (χ0n) is 39.9. The van der Waals surface area contributed by atoms with Crippen molar-refractivity contribution in [2.45, 2.75) is 39.2 Å². The van der Waals surface area contributed by atoms with Crippen LogP contribution in [-0.4, -0.2) is 13.4 Å². The standard InChI is InChI=1S/C66H42B2N2S4/c1-7-23-43(24-8-1)59-63-65(73-57-41-49(39-55-61(57)67(63)51-35-19-21-37-53(51)71-55)69(45-27-11-3-12-28-45)46-29-13-4-14-30-46)60(44-25-9-2-10-26-44)66-64(59)68-52-36-20-22-38-54(52)72-56-40-50(42-58(74-66)62(56)68)70(47-31-15-5-16-32-47)48-33-17-6-18-34-48/h1-42H. The zero-order valence-corrected chi connectivity index (χ0v) is 43.2. The summed E-state index contributed by atoms with van der Waals surface area (Å²) in [4.78, 5) is 15.4. The summed E-state index contributed by atoms with van der Waals surface area (Å²) in [6, 6.07) is 94.5. The Bertz CT molecular complexity index is 3680. The van der Waals surface area contributed by atoms with Gasteiger partial charge in [0.2, 0.25) is 13.4 Å². The van der Waals surface area contributed by atoms with E-state index in [-0.39, 0.29) is 13.4 Å². The predicted octanol–water partition coefficient (Wildman–Crippen LogP) is 14.9. The van der Waals surface area contributed by atoms with Crippen LogP contribution in [0.5, 0.6) is 0 Å². The molecule has 0 saturated heterocycles. The Balaban J connectivity index is 1.05. The van der Waals surface area contributed by atoms with Crippen molar-refractivity contribution < 1.29 is 0 Å². The lowest BCUT2D eigenvalue weighted by molar-refractivity contribution is 1.23. The number of hydrogen-bond donors (Lipinski definition) is 0. The lowest BCUT2D eigenvalue weighted by atomic mass is 9.31. The highest BCUT2D eigenvalue weighted by Gasteiger charge is 2.48. The number of rotatable bonds is 8. The summed E-state index contributed by atoms with van der Waals surface area (Å²) in [5.41, 5.74) is 20.4. The van der Waals surface area contributed by atoms with Gasteiger partial charge in [-0.05, 0) is 123 Å². The van der Waals surface area contributed by atoms with E-state index < -0.39 is 0 Å². The van der Waals surface area contributed by atoms with Gasteiger partial charge in [0.05, 0.1) is 0 Å². The lowest BCUT2D eigenvalue weighted by Gasteiger charge is -2.41. The molecule has 2 nitrogen and oxygen atoms in total. The minimum Gasteiger partial charge on any atom is -0.310 e. The quantitative estimate of drug-likeness (QED) is 0.139. The van der Waals surface area contributed by atoms with Gasteiger partial charge in [0.25, 0.3) is 0 Å². The Morgan fingerprint density at radius 1 is 0.243 bits per heavy atom. The minimum atomic E-state index is -0.0145. The fraction of sp³-hybridized carbons (Fsp3) is 0. The first kappa shape index (κ1) is 44.1. The summed E-state index contributed by atoms with van der Waals surface area (Å²) in [5.74, 6) is 0. The molecule has 0 aromatic heterocycles. The second-order valence-corrected chi connectivity index (χ2v) is 23.3. The second kappa shape index (κ2) is 18.2. The highest BCUT2D eigenvalue weighted by atomic mass is 32.2. The summed E-state index contributed by atoms with van der Waals surface area (Å²) in [5, 5.41) is 0. The molecular formula is C66H42B2N2S4. The molecule has 0 N–H and O–H groups in total. The molecule has 74 heavy (non-hydrogen) atoms. The molecule has 4 aliphatic heterocycles. The van der Waals surface area contributed by atoms with Gasteiger partial charge in [-0.25, -0.2) is 0 Å². The molecule has 0 spiro atoms. The molecule has 15 rings (SSSR count). The van der Waals surface area contributed by atoms with Crippen molar-refractivity contribution in [3.05, 3.63) is 255 Å². The van der Waals surface area contributed by atoms with Crippen molar-refractivity contribution in [1.29, 1.82) is 0 Å². The topological polar surface area (TPSA) is 6.48 Å². The van der Waals surface area contributed by atoms with Crippen LogP contribution in [-0.2, 0) is 0 Å². The van der Waals surface area contributed by atoms with Crippen LogP contribution in [0.15, 0.2) is 294 Å². The molecule has 0 atom stereocenters. The third-order valence-corrected chi connectivity index (χ3v) is 19.5. The van der Waals surface area contributed by atoms with E-state index in [4.69, 9.17) is 0 Å². The Morgan fingerprint density at radius 3 is 0.905 bits per heavy atom. The molecule has 8 heteroatoms. The van der Waals surface area contributed by atoms with Crippen LogP contribution in [0, 0.1) is 0 Å². The van der Waals surface area contributed by atoms with Gasteiger partial charge < -0.3 is 9.80 Å². The van der Waals surface area contributed by atoms with E-state index in [2.05, 4.69) is 265 Å². The summed E-state index contributed by atoms with van der Waals surface area (Å²) in [7, 11) is 0. The van der Waals surface area contributed by atoms with Crippen LogP contribution in [0.4, 0.5) is 34.1 Å². The fourth-order valence-corrected chi connectivity index (χ4v) is 17.2. The van der Waals surface area contributed by atoms with Crippen molar-refractivity contribution in [3.8, 4) is 22.3 Å². The SMILES string of the molecule is c1ccc(-c2c3c(c(-c4ccccc4)c4c2Sc2cc(N(c5ccccc5)c5ccccc5)cc5c2B4c2ccccc2S5)B2c4ccccc4Sc4cc(N(c5ccccc5)c5ccccc5)cc(c42)S3)cc1. The molecule has 11 aromatic carbocycles. The van der Waals surface area contributed by atoms with Gasteiger partial charge in [-0.3, -0.25) is 0 Å². The average molecular weight is 1010 g/mol. The van der Waals surface area contributed by atoms with Gasteiger partial charge in [0.1, 0.15) is 0 Å². The van der Waals surface area contributed by atoms with Crippen LogP contribution in [0.25, 0.3) is 22.3 Å². The first-order valence-electron chi connectivity index (χ1n) is 25.1. The molecule has 4 aliphatic rings. The Hall–Kier alpha value is -7.45. The Labute approximate surface area is 450 Å². The van der Waals surface area contributed by atoms with Crippen LogP contribution < -0.4 is 42.6 Å². The molecule has 0 unspecified atom stereocenters. The molecule has 0 bridgehead atoms. The van der Waals surface area contributed by atoms with Crippen molar-refractivity contribution >= 4 is 127 Å². The third kappa shape index (κ3) is 7.18. The molecule has 4 heterocycles. The van der Waals surface area contributed by atoms with Gasteiger partial charge >= 0.3 is 0 Å². The number of para-hydroxylation sites is 4. The highest BCUT2D eigenvalue weighted by Crippen LogP contribution is 2.53. The van der Waals surface area contributed by atoms with Crippen LogP contribution in [0.2, 0.25) is 0 Å². The number of anilines is 6. The van der Waals surface area contributed by atoms with Gasteiger partial charge in [-0.2, -0.15) is 0 Å².